The molecule has 3 aromatic rings. The predicted octanol–water partition coefficient (Wildman–Crippen LogP) is 3.04. The van der Waals surface area contributed by atoms with Gasteiger partial charge in [-0.2, -0.15) is 0 Å². The third kappa shape index (κ3) is 1.43. The van der Waals surface area contributed by atoms with E-state index in [1.807, 2.05) is 0 Å². The molecule has 3 heterocycles. The van der Waals surface area contributed by atoms with Crippen molar-refractivity contribution in [3.05, 3.63) is 34.0 Å². The normalized spacial score (nSPS) is 11.8. The minimum absolute atomic E-state index is 0.351. The van der Waals surface area contributed by atoms with E-state index >= 15 is 0 Å². The van der Waals surface area contributed by atoms with E-state index in [9.17, 15) is 13.6 Å². The largest absolute Gasteiger partial charge is 0.430 e. The predicted molar refractivity (Wildman–Crippen MR) is 63.2 cm³/mol. The third-order valence-corrected chi connectivity index (χ3v) is 3.81. The van der Waals surface area contributed by atoms with Gasteiger partial charge in [0, 0.05) is 10.8 Å². The summed E-state index contributed by atoms with van der Waals surface area (Å²) >= 11 is 1.10. The lowest BCUT2D eigenvalue weighted by Gasteiger charge is -2.03. The molecule has 18 heavy (non-hydrogen) atoms. The maximum atomic E-state index is 12.8. The van der Waals surface area contributed by atoms with E-state index in [1.54, 1.807) is 13.0 Å². The van der Waals surface area contributed by atoms with Crippen molar-refractivity contribution in [1.29, 1.82) is 0 Å². The molecule has 3 rings (SSSR count). The van der Waals surface area contributed by atoms with E-state index in [1.165, 1.54) is 6.26 Å². The second-order valence-corrected chi connectivity index (χ2v) is 4.74. The zero-order valence-electron chi connectivity index (χ0n) is 9.11. The minimum Gasteiger partial charge on any atom is -0.430 e. The molecule has 7 heteroatoms. The zero-order valence-corrected chi connectivity index (χ0v) is 9.92. The number of hydrogen-bond acceptors (Lipinski definition) is 5. The van der Waals surface area contributed by atoms with Gasteiger partial charge in [0.05, 0.1) is 6.26 Å². The molecule has 92 valence electrons. The summed E-state index contributed by atoms with van der Waals surface area (Å²) in [7, 11) is 0. The van der Waals surface area contributed by atoms with Crippen LogP contribution in [0.4, 0.5) is 8.78 Å². The fourth-order valence-corrected chi connectivity index (χ4v) is 2.95. The van der Waals surface area contributed by atoms with Crippen molar-refractivity contribution in [2.75, 3.05) is 0 Å². The summed E-state index contributed by atoms with van der Waals surface area (Å²) in [6.07, 6.45) is -1.43. The summed E-state index contributed by atoms with van der Waals surface area (Å²) in [6, 6.07) is 1.58. The van der Waals surface area contributed by atoms with Crippen LogP contribution in [0.1, 0.15) is 17.7 Å². The first-order chi connectivity index (χ1) is 8.59. The Morgan fingerprint density at radius 1 is 1.39 bits per heavy atom. The second kappa shape index (κ2) is 3.81. The van der Waals surface area contributed by atoms with E-state index in [2.05, 4.69) is 10.2 Å². The number of aryl methyl sites for hydroxylation is 1. The van der Waals surface area contributed by atoms with Gasteiger partial charge in [0.25, 0.3) is 6.43 Å². The average molecular weight is 268 g/mol. The Hall–Kier alpha value is -1.89. The van der Waals surface area contributed by atoms with Crippen LogP contribution in [0.3, 0.4) is 0 Å². The van der Waals surface area contributed by atoms with E-state index in [-0.39, 0.29) is 5.69 Å². The van der Waals surface area contributed by atoms with Crippen molar-refractivity contribution in [2.24, 2.45) is 0 Å². The number of fused-ring (bicyclic) bond motifs is 3. The number of alkyl halides is 2. The topological polar surface area (TPSA) is 56.0 Å². The van der Waals surface area contributed by atoms with Crippen molar-refractivity contribution < 1.29 is 13.2 Å². The Labute approximate surface area is 103 Å². The summed E-state index contributed by atoms with van der Waals surface area (Å²) in [4.78, 5) is 12.0. The summed E-state index contributed by atoms with van der Waals surface area (Å²) in [5, 5.41) is 8.39. The number of rotatable bonds is 1. The number of aromatic nitrogens is 2. The average Bonchev–Trinajstić information content (AvgIpc) is 2.70. The Morgan fingerprint density at radius 3 is 2.89 bits per heavy atom. The molecule has 3 aromatic heterocycles. The first-order valence-electron chi connectivity index (χ1n) is 5.05. The van der Waals surface area contributed by atoms with Crippen LogP contribution < -0.4 is 5.63 Å². The van der Waals surface area contributed by atoms with Gasteiger partial charge < -0.3 is 4.42 Å². The highest BCUT2D eigenvalue weighted by Gasteiger charge is 2.19. The van der Waals surface area contributed by atoms with Gasteiger partial charge in [0.1, 0.15) is 15.2 Å². The molecule has 0 N–H and O–H groups in total. The SMILES string of the molecule is Cc1c(C(F)F)nnc2sc3c(=O)occc3c12. The van der Waals surface area contributed by atoms with Crippen molar-refractivity contribution in [3.63, 3.8) is 0 Å². The molecule has 0 radical (unpaired) electrons. The third-order valence-electron chi connectivity index (χ3n) is 2.74. The van der Waals surface area contributed by atoms with E-state index in [0.717, 1.165) is 11.3 Å². The van der Waals surface area contributed by atoms with Crippen LogP contribution in [0.25, 0.3) is 20.3 Å². The summed E-state index contributed by atoms with van der Waals surface area (Å²) < 4.78 is 30.6. The highest BCUT2D eigenvalue weighted by atomic mass is 32.1. The van der Waals surface area contributed by atoms with Gasteiger partial charge in [-0.15, -0.1) is 21.5 Å². The molecule has 0 fully saturated rings. The Bertz CT molecular complexity index is 810. The molecule has 0 aliphatic rings. The lowest BCUT2D eigenvalue weighted by molar-refractivity contribution is 0.144. The highest BCUT2D eigenvalue weighted by Crippen LogP contribution is 2.34. The van der Waals surface area contributed by atoms with Crippen LogP contribution in [-0.2, 0) is 0 Å². The monoisotopic (exact) mass is 268 g/mol. The van der Waals surface area contributed by atoms with Gasteiger partial charge in [-0.05, 0) is 18.6 Å². The molecule has 0 amide bonds. The maximum absolute atomic E-state index is 12.8. The quantitative estimate of drug-likeness (QED) is 0.680. The molecule has 0 aliphatic heterocycles. The minimum atomic E-state index is -2.68. The van der Waals surface area contributed by atoms with Gasteiger partial charge >= 0.3 is 5.63 Å². The maximum Gasteiger partial charge on any atom is 0.353 e. The zero-order chi connectivity index (χ0) is 12.9. The van der Waals surface area contributed by atoms with Gasteiger partial charge in [0.2, 0.25) is 0 Å². The van der Waals surface area contributed by atoms with Gasteiger partial charge in [-0.1, -0.05) is 0 Å². The van der Waals surface area contributed by atoms with Crippen molar-refractivity contribution in [2.45, 2.75) is 13.3 Å². The standard InChI is InChI=1S/C11H6F2N2O2S/c1-4-6-5-2-3-17-11(16)8(5)18-10(6)15-14-7(4)9(12)13/h2-3,9H,1H3. The lowest BCUT2D eigenvalue weighted by Crippen LogP contribution is -1.97. The van der Waals surface area contributed by atoms with Crippen LogP contribution in [0, 0.1) is 6.92 Å². The van der Waals surface area contributed by atoms with Gasteiger partial charge in [-0.25, -0.2) is 13.6 Å². The van der Waals surface area contributed by atoms with Crippen molar-refractivity contribution in [1.82, 2.24) is 10.2 Å². The van der Waals surface area contributed by atoms with Crippen LogP contribution in [0.2, 0.25) is 0 Å². The number of nitrogens with zero attached hydrogens (tertiary/aromatic N) is 2. The number of thiophene rings is 1. The Kier molecular flexibility index (Phi) is 2.37. The van der Waals surface area contributed by atoms with Gasteiger partial charge in [-0.3, -0.25) is 0 Å². The summed E-state index contributed by atoms with van der Waals surface area (Å²) in [6.45, 7) is 1.55. The van der Waals surface area contributed by atoms with E-state index < -0.39 is 12.1 Å². The number of halogens is 2. The Balaban J connectivity index is 2.54. The fraction of sp³-hybridized carbons (Fsp3) is 0.182. The van der Waals surface area contributed by atoms with Crippen molar-refractivity contribution >= 4 is 31.6 Å². The van der Waals surface area contributed by atoms with Crippen LogP contribution >= 0.6 is 11.3 Å². The molecular weight excluding hydrogens is 262 g/mol. The first kappa shape index (κ1) is 11.2. The number of hydrogen-bond donors (Lipinski definition) is 0. The van der Waals surface area contributed by atoms with Crippen LogP contribution in [-0.4, -0.2) is 10.2 Å². The molecule has 0 aromatic carbocycles. The molecule has 0 saturated heterocycles. The summed E-state index contributed by atoms with van der Waals surface area (Å²) in [5.41, 5.74) is -0.490. The molecule has 0 bridgehead atoms. The smallest absolute Gasteiger partial charge is 0.353 e. The molecule has 0 saturated carbocycles. The second-order valence-electron chi connectivity index (χ2n) is 3.74. The first-order valence-corrected chi connectivity index (χ1v) is 5.86. The van der Waals surface area contributed by atoms with E-state index in [4.69, 9.17) is 4.42 Å². The molecular formula is C11H6F2N2O2S. The lowest BCUT2D eigenvalue weighted by atomic mass is 10.1. The molecule has 0 atom stereocenters. The van der Waals surface area contributed by atoms with Gasteiger partial charge in [0.15, 0.2) is 0 Å². The van der Waals surface area contributed by atoms with Crippen LogP contribution in [0.5, 0.6) is 0 Å². The molecule has 0 aliphatic carbocycles. The Morgan fingerprint density at radius 2 is 2.17 bits per heavy atom. The summed E-state index contributed by atoms with van der Waals surface area (Å²) in [5.74, 6) is 0. The molecule has 4 nitrogen and oxygen atoms in total. The van der Waals surface area contributed by atoms with Crippen LogP contribution in [0.15, 0.2) is 21.5 Å². The van der Waals surface area contributed by atoms with E-state index in [0.29, 0.717) is 25.9 Å². The highest BCUT2D eigenvalue weighted by molar-refractivity contribution is 7.25. The molecule has 0 spiro atoms. The van der Waals surface area contributed by atoms with Crippen molar-refractivity contribution in [3.8, 4) is 0 Å². The fourth-order valence-electron chi connectivity index (χ4n) is 1.90. The molecule has 0 unspecified atom stereocenters.